The van der Waals surface area contributed by atoms with Gasteiger partial charge in [-0.2, -0.15) is 0 Å². The molecule has 0 saturated carbocycles. The summed E-state index contributed by atoms with van der Waals surface area (Å²) in [7, 11) is 2.10. The Kier molecular flexibility index (Phi) is 7.47. The minimum atomic E-state index is 0.0355. The van der Waals surface area contributed by atoms with Crippen molar-refractivity contribution in [2.45, 2.75) is 39.7 Å². The summed E-state index contributed by atoms with van der Waals surface area (Å²) >= 11 is 0. The van der Waals surface area contributed by atoms with E-state index in [2.05, 4.69) is 36.9 Å². The zero-order valence-electron chi connectivity index (χ0n) is 22.6. The molecule has 2 aromatic carbocycles. The lowest BCUT2D eigenvalue weighted by molar-refractivity contribution is -0.127. The number of aliphatic imine (C=N–C) groups is 1. The maximum absolute atomic E-state index is 13.3. The number of rotatable bonds is 8. The lowest BCUT2D eigenvalue weighted by Gasteiger charge is -2.36. The Hall–Kier alpha value is -3.71. The van der Waals surface area contributed by atoms with E-state index in [4.69, 9.17) is 5.73 Å². The smallest absolute Gasteiger partial charge is 0.258 e. The Labute approximate surface area is 224 Å². The van der Waals surface area contributed by atoms with Crippen LogP contribution in [0.5, 0.6) is 0 Å². The number of nitrogens with two attached hydrogens (primary N) is 1. The number of carbonyl (C=O) groups excluding carboxylic acids is 1. The van der Waals surface area contributed by atoms with Crippen molar-refractivity contribution in [2.24, 2.45) is 16.6 Å². The molecule has 0 atom stereocenters. The molecule has 3 heterocycles. The van der Waals surface area contributed by atoms with E-state index in [0.29, 0.717) is 23.7 Å². The molecule has 3 aromatic rings. The van der Waals surface area contributed by atoms with Crippen LogP contribution < -0.4 is 11.3 Å². The summed E-state index contributed by atoms with van der Waals surface area (Å²) in [5, 5.41) is 1.66. The first kappa shape index (κ1) is 25.9. The Balaban J connectivity index is 1.43. The van der Waals surface area contributed by atoms with Gasteiger partial charge < -0.3 is 20.1 Å². The third-order valence-electron chi connectivity index (χ3n) is 7.45. The molecular formula is C31H37N5O2. The molecule has 38 heavy (non-hydrogen) atoms. The molecule has 1 fully saturated rings. The molecule has 5 rings (SSSR count). The van der Waals surface area contributed by atoms with E-state index in [-0.39, 0.29) is 11.5 Å². The van der Waals surface area contributed by atoms with Gasteiger partial charge in [0, 0.05) is 67.8 Å². The van der Waals surface area contributed by atoms with Gasteiger partial charge in [-0.1, -0.05) is 32.0 Å². The predicted molar refractivity (Wildman–Crippen MR) is 156 cm³/mol. The Morgan fingerprint density at radius 3 is 2.47 bits per heavy atom. The Morgan fingerprint density at radius 1 is 1.05 bits per heavy atom. The summed E-state index contributed by atoms with van der Waals surface area (Å²) in [6.45, 7) is 8.47. The van der Waals surface area contributed by atoms with Crippen LogP contribution in [-0.2, 0) is 11.3 Å². The summed E-state index contributed by atoms with van der Waals surface area (Å²) in [6, 6.07) is 14.1. The first-order valence-electron chi connectivity index (χ1n) is 13.6. The third-order valence-corrected chi connectivity index (χ3v) is 7.45. The molecular weight excluding hydrogens is 474 g/mol. The molecule has 0 bridgehead atoms. The number of fused-ring (bicyclic) bond motifs is 2. The quantitative estimate of drug-likeness (QED) is 0.477. The number of nitrogens with zero attached hydrogens (tertiary/aromatic N) is 4. The normalized spacial score (nSPS) is 15.9. The fourth-order valence-corrected chi connectivity index (χ4v) is 5.60. The highest BCUT2D eigenvalue weighted by molar-refractivity contribution is 6.05. The number of hydrogen-bond acceptors (Lipinski definition) is 5. The van der Waals surface area contributed by atoms with E-state index in [1.165, 1.54) is 0 Å². The molecule has 2 N–H and O–H groups in total. The van der Waals surface area contributed by atoms with Gasteiger partial charge in [-0.05, 0) is 66.7 Å². The number of pyridine rings is 1. The monoisotopic (exact) mass is 511 g/mol. The molecule has 7 nitrogen and oxygen atoms in total. The number of aromatic nitrogens is 1. The highest BCUT2D eigenvalue weighted by Crippen LogP contribution is 2.33. The van der Waals surface area contributed by atoms with Crippen molar-refractivity contribution >= 4 is 34.3 Å². The fourth-order valence-electron chi connectivity index (χ4n) is 5.60. The number of likely N-dealkylation sites (tertiary alicyclic amines) is 1. The van der Waals surface area contributed by atoms with Crippen molar-refractivity contribution in [3.8, 4) is 11.1 Å². The SMILES string of the molecule is CCCN(CCC)C(=O)C1=Cc2ccc(-c3ccc4c(=O)n(CC5CN(C)C5)ccc4c3)cc2N=C(N)C1. The molecule has 1 aromatic heterocycles. The van der Waals surface area contributed by atoms with Crippen molar-refractivity contribution in [1.29, 1.82) is 0 Å². The summed E-state index contributed by atoms with van der Waals surface area (Å²) in [5.41, 5.74) is 10.6. The first-order chi connectivity index (χ1) is 18.4. The van der Waals surface area contributed by atoms with Crippen molar-refractivity contribution in [2.75, 3.05) is 33.2 Å². The molecule has 0 spiro atoms. The van der Waals surface area contributed by atoms with Crippen molar-refractivity contribution < 1.29 is 4.79 Å². The van der Waals surface area contributed by atoms with Gasteiger partial charge in [0.1, 0.15) is 5.84 Å². The third kappa shape index (κ3) is 5.29. The van der Waals surface area contributed by atoms with Gasteiger partial charge in [0.05, 0.1) is 5.69 Å². The minimum Gasteiger partial charge on any atom is -0.387 e. The molecule has 7 heteroatoms. The highest BCUT2D eigenvalue weighted by atomic mass is 16.2. The van der Waals surface area contributed by atoms with E-state index in [9.17, 15) is 9.59 Å². The van der Waals surface area contributed by atoms with Crippen LogP contribution in [0.1, 0.15) is 38.7 Å². The maximum Gasteiger partial charge on any atom is 0.258 e. The number of carbonyl (C=O) groups is 1. The lowest BCUT2D eigenvalue weighted by Crippen LogP contribution is -2.46. The second-order valence-electron chi connectivity index (χ2n) is 10.7. The molecule has 0 unspecified atom stereocenters. The number of amides is 1. The Morgan fingerprint density at radius 2 is 1.76 bits per heavy atom. The van der Waals surface area contributed by atoms with Crippen LogP contribution in [0.25, 0.3) is 28.0 Å². The fraction of sp³-hybridized carbons (Fsp3) is 0.387. The van der Waals surface area contributed by atoms with Crippen molar-refractivity contribution in [3.63, 3.8) is 0 Å². The van der Waals surface area contributed by atoms with E-state index in [1.54, 1.807) is 0 Å². The molecule has 2 aliphatic rings. The van der Waals surface area contributed by atoms with Crippen LogP contribution in [0.4, 0.5) is 5.69 Å². The van der Waals surface area contributed by atoms with Crippen LogP contribution in [0.2, 0.25) is 0 Å². The standard InChI is InChI=1S/C31H37N5O2/c1-4-11-35(12-5-2)30(37)26-15-25-7-6-23(16-28(25)33-29(32)17-26)22-8-9-27-24(14-22)10-13-36(31(27)38)20-21-18-34(3)19-21/h6-10,13-16,21H,4-5,11-12,17-20H2,1-3H3,(H2,32,33). The molecule has 0 aliphatic carbocycles. The van der Waals surface area contributed by atoms with Crippen LogP contribution in [0.3, 0.4) is 0 Å². The van der Waals surface area contributed by atoms with E-state index in [0.717, 1.165) is 78.7 Å². The Bertz CT molecular complexity index is 1470. The van der Waals surface area contributed by atoms with Gasteiger partial charge in [0.15, 0.2) is 0 Å². The van der Waals surface area contributed by atoms with Crippen molar-refractivity contribution in [1.82, 2.24) is 14.4 Å². The minimum absolute atomic E-state index is 0.0355. The van der Waals surface area contributed by atoms with Crippen LogP contribution >= 0.6 is 0 Å². The van der Waals surface area contributed by atoms with E-state index >= 15 is 0 Å². The lowest BCUT2D eigenvalue weighted by atomic mass is 9.98. The molecule has 0 radical (unpaired) electrons. The summed E-state index contributed by atoms with van der Waals surface area (Å²) in [4.78, 5) is 35.2. The van der Waals surface area contributed by atoms with Gasteiger partial charge in [0.25, 0.3) is 5.56 Å². The summed E-state index contributed by atoms with van der Waals surface area (Å²) < 4.78 is 1.84. The molecule has 198 valence electrons. The van der Waals surface area contributed by atoms with E-state index < -0.39 is 0 Å². The van der Waals surface area contributed by atoms with Crippen LogP contribution in [0, 0.1) is 5.92 Å². The maximum atomic E-state index is 13.3. The zero-order chi connectivity index (χ0) is 26.8. The first-order valence-corrected chi connectivity index (χ1v) is 13.6. The molecule has 2 aliphatic heterocycles. The van der Waals surface area contributed by atoms with Gasteiger partial charge >= 0.3 is 0 Å². The topological polar surface area (TPSA) is 83.9 Å². The number of hydrogen-bond donors (Lipinski definition) is 1. The van der Waals surface area contributed by atoms with Crippen LogP contribution in [-0.4, -0.2) is 59.3 Å². The van der Waals surface area contributed by atoms with Gasteiger partial charge in [-0.25, -0.2) is 4.99 Å². The average Bonchev–Trinajstić information content (AvgIpc) is 3.06. The van der Waals surface area contributed by atoms with Crippen molar-refractivity contribution in [3.05, 3.63) is 70.2 Å². The van der Waals surface area contributed by atoms with Crippen LogP contribution in [0.15, 0.2) is 64.0 Å². The average molecular weight is 512 g/mol. The molecule has 1 saturated heterocycles. The van der Waals surface area contributed by atoms with E-state index in [1.807, 2.05) is 58.1 Å². The number of benzene rings is 2. The number of amidine groups is 1. The van der Waals surface area contributed by atoms with Gasteiger partial charge in [0.2, 0.25) is 5.91 Å². The summed E-state index contributed by atoms with van der Waals surface area (Å²) in [6.07, 6.45) is 6.02. The molecule has 1 amide bonds. The van der Waals surface area contributed by atoms with Gasteiger partial charge in [-0.3, -0.25) is 9.59 Å². The second-order valence-corrected chi connectivity index (χ2v) is 10.7. The highest BCUT2D eigenvalue weighted by Gasteiger charge is 2.24. The second kappa shape index (κ2) is 11.0. The summed E-state index contributed by atoms with van der Waals surface area (Å²) in [5.74, 6) is 1.01. The largest absolute Gasteiger partial charge is 0.387 e. The van der Waals surface area contributed by atoms with Gasteiger partial charge in [-0.15, -0.1) is 0 Å². The predicted octanol–water partition coefficient (Wildman–Crippen LogP) is 4.65. The zero-order valence-corrected chi connectivity index (χ0v) is 22.6.